The molecular weight excluding hydrogens is 721 g/mol. The lowest BCUT2D eigenvalue weighted by Crippen LogP contribution is -2.14. The number of aromatic nitrogens is 4. The van der Waals surface area contributed by atoms with Gasteiger partial charge in [0.1, 0.15) is 11.2 Å². The monoisotopic (exact) mass is 756 g/mol. The third-order valence-electron chi connectivity index (χ3n) is 12.3. The van der Waals surface area contributed by atoms with Gasteiger partial charge in [0.25, 0.3) is 0 Å². The lowest BCUT2D eigenvalue weighted by molar-refractivity contribution is 0.660. The zero-order valence-corrected chi connectivity index (χ0v) is 32.5. The van der Waals surface area contributed by atoms with Crippen molar-refractivity contribution >= 4 is 43.7 Å². The number of para-hydroxylation sites is 2. The van der Waals surface area contributed by atoms with E-state index in [1.807, 2.05) is 30.3 Å². The van der Waals surface area contributed by atoms with Gasteiger partial charge in [-0.15, -0.1) is 0 Å². The molecule has 3 aromatic heterocycles. The quantitative estimate of drug-likeness (QED) is 0.175. The van der Waals surface area contributed by atoms with Gasteiger partial charge in [-0.05, 0) is 81.9 Å². The highest BCUT2D eigenvalue weighted by atomic mass is 16.3. The Balaban J connectivity index is 1.00. The zero-order chi connectivity index (χ0) is 39.2. The van der Waals surface area contributed by atoms with Crippen LogP contribution < -0.4 is 0 Å². The lowest BCUT2D eigenvalue weighted by atomic mass is 9.82. The average molecular weight is 757 g/mol. The summed E-state index contributed by atoms with van der Waals surface area (Å²) in [5.41, 5.74) is 15.2. The molecule has 0 bridgehead atoms. The largest absolute Gasteiger partial charge is 0.456 e. The molecule has 0 fully saturated rings. The molecule has 3 heterocycles. The van der Waals surface area contributed by atoms with Crippen LogP contribution in [0, 0.1) is 0 Å². The molecule has 8 aromatic carbocycles. The standard InChI is InChI=1S/C54H36N4O/c1-54(2)44-21-11-9-18-39(44)43-30-35(26-29-45(43)54)52-55-51(33-14-5-3-6-15-33)56-53(57-52)36-25-28-42-49(32-36)59-48-23-13-20-38(50(42)48)34-24-27-41-40-19-10-12-22-46(40)58(47(41)31-34)37-16-7-4-8-17-37/h3-32H,1-2H3. The van der Waals surface area contributed by atoms with E-state index >= 15 is 0 Å². The van der Waals surface area contributed by atoms with Crippen LogP contribution in [-0.4, -0.2) is 19.5 Å². The van der Waals surface area contributed by atoms with Gasteiger partial charge in [-0.3, -0.25) is 0 Å². The van der Waals surface area contributed by atoms with Crippen molar-refractivity contribution in [3.63, 3.8) is 0 Å². The topological polar surface area (TPSA) is 56.7 Å². The Hall–Kier alpha value is -7.63. The fourth-order valence-electron chi connectivity index (χ4n) is 9.41. The van der Waals surface area contributed by atoms with Crippen molar-refractivity contribution in [3.05, 3.63) is 193 Å². The zero-order valence-electron chi connectivity index (χ0n) is 32.5. The van der Waals surface area contributed by atoms with Crippen molar-refractivity contribution in [2.75, 3.05) is 0 Å². The first-order chi connectivity index (χ1) is 29.0. The smallest absolute Gasteiger partial charge is 0.164 e. The van der Waals surface area contributed by atoms with Crippen molar-refractivity contribution in [3.8, 4) is 62.1 Å². The first-order valence-corrected chi connectivity index (χ1v) is 20.1. The molecule has 0 spiro atoms. The molecule has 0 atom stereocenters. The molecule has 59 heavy (non-hydrogen) atoms. The Bertz CT molecular complexity index is 3470. The van der Waals surface area contributed by atoms with Gasteiger partial charge in [0, 0.05) is 49.3 Å². The molecular formula is C54H36N4O. The second-order valence-corrected chi connectivity index (χ2v) is 16.0. The molecule has 0 unspecified atom stereocenters. The summed E-state index contributed by atoms with van der Waals surface area (Å²) in [5.74, 6) is 1.85. The summed E-state index contributed by atoms with van der Waals surface area (Å²) >= 11 is 0. The number of benzene rings is 8. The predicted octanol–water partition coefficient (Wildman–Crippen LogP) is 13.8. The summed E-state index contributed by atoms with van der Waals surface area (Å²) in [6, 6.07) is 64.2. The molecule has 0 saturated heterocycles. The van der Waals surface area contributed by atoms with Crippen LogP contribution in [0.25, 0.3) is 106 Å². The lowest BCUT2D eigenvalue weighted by Gasteiger charge is -2.21. The van der Waals surface area contributed by atoms with E-state index in [1.54, 1.807) is 0 Å². The van der Waals surface area contributed by atoms with Crippen LogP contribution in [0.15, 0.2) is 186 Å². The van der Waals surface area contributed by atoms with Crippen molar-refractivity contribution in [1.29, 1.82) is 0 Å². The minimum atomic E-state index is -0.0827. The van der Waals surface area contributed by atoms with Gasteiger partial charge in [0.15, 0.2) is 17.5 Å². The van der Waals surface area contributed by atoms with E-state index < -0.39 is 0 Å². The molecule has 1 aliphatic carbocycles. The van der Waals surface area contributed by atoms with Crippen LogP contribution in [0.1, 0.15) is 25.0 Å². The van der Waals surface area contributed by atoms with Crippen LogP contribution in [0.5, 0.6) is 0 Å². The first-order valence-electron chi connectivity index (χ1n) is 20.1. The second kappa shape index (κ2) is 12.7. The maximum atomic E-state index is 6.66. The Labute approximate surface area is 340 Å². The van der Waals surface area contributed by atoms with Crippen LogP contribution in [0.3, 0.4) is 0 Å². The minimum Gasteiger partial charge on any atom is -0.456 e. The highest BCUT2D eigenvalue weighted by Gasteiger charge is 2.35. The molecule has 5 nitrogen and oxygen atoms in total. The fraction of sp³-hybridized carbons (Fsp3) is 0.0556. The number of nitrogens with zero attached hydrogens (tertiary/aromatic N) is 4. The molecule has 5 heteroatoms. The summed E-state index contributed by atoms with van der Waals surface area (Å²) in [6.45, 7) is 4.60. The van der Waals surface area contributed by atoms with Gasteiger partial charge in [-0.2, -0.15) is 0 Å². The van der Waals surface area contributed by atoms with Crippen LogP contribution >= 0.6 is 0 Å². The van der Waals surface area contributed by atoms with E-state index in [9.17, 15) is 0 Å². The summed E-state index contributed by atoms with van der Waals surface area (Å²) in [6.07, 6.45) is 0. The van der Waals surface area contributed by atoms with Gasteiger partial charge >= 0.3 is 0 Å². The summed E-state index contributed by atoms with van der Waals surface area (Å²) < 4.78 is 9.03. The maximum Gasteiger partial charge on any atom is 0.164 e. The Morgan fingerprint density at radius 3 is 1.85 bits per heavy atom. The van der Waals surface area contributed by atoms with Crippen LogP contribution in [0.4, 0.5) is 0 Å². The molecule has 1 aliphatic rings. The Morgan fingerprint density at radius 1 is 0.407 bits per heavy atom. The normalized spacial score (nSPS) is 13.1. The van der Waals surface area contributed by atoms with E-state index in [2.05, 4.69) is 170 Å². The number of hydrogen-bond acceptors (Lipinski definition) is 4. The highest BCUT2D eigenvalue weighted by Crippen LogP contribution is 2.49. The number of hydrogen-bond donors (Lipinski definition) is 0. The average Bonchev–Trinajstić information content (AvgIpc) is 3.91. The van der Waals surface area contributed by atoms with Gasteiger partial charge < -0.3 is 8.98 Å². The minimum absolute atomic E-state index is 0.0827. The van der Waals surface area contributed by atoms with Gasteiger partial charge in [-0.25, -0.2) is 15.0 Å². The third kappa shape index (κ3) is 5.14. The third-order valence-corrected chi connectivity index (χ3v) is 12.3. The van der Waals surface area contributed by atoms with Crippen LogP contribution in [-0.2, 0) is 5.41 Å². The van der Waals surface area contributed by atoms with Gasteiger partial charge in [0.05, 0.1) is 11.0 Å². The van der Waals surface area contributed by atoms with Crippen LogP contribution in [0.2, 0.25) is 0 Å². The maximum absolute atomic E-state index is 6.66. The van der Waals surface area contributed by atoms with E-state index in [4.69, 9.17) is 19.4 Å². The fourth-order valence-corrected chi connectivity index (χ4v) is 9.41. The van der Waals surface area contributed by atoms with Gasteiger partial charge in [0.2, 0.25) is 0 Å². The first kappa shape index (κ1) is 33.5. The van der Waals surface area contributed by atoms with E-state index in [1.165, 1.54) is 38.5 Å². The Morgan fingerprint density at radius 2 is 1.02 bits per heavy atom. The molecule has 0 radical (unpaired) electrons. The SMILES string of the molecule is CC1(C)c2ccccc2-c2cc(-c3nc(-c4ccccc4)nc(-c4ccc5c(c4)oc4cccc(-c6ccc7c8ccccc8n(-c8ccccc8)c7c6)c45)n3)ccc21. The number of furan rings is 1. The van der Waals surface area contributed by atoms with Crippen molar-refractivity contribution in [2.45, 2.75) is 19.3 Å². The Kier molecular flexibility index (Phi) is 7.20. The van der Waals surface area contributed by atoms with Crippen molar-refractivity contribution in [1.82, 2.24) is 19.5 Å². The van der Waals surface area contributed by atoms with Gasteiger partial charge in [-0.1, -0.05) is 147 Å². The second-order valence-electron chi connectivity index (χ2n) is 16.0. The molecule has 0 amide bonds. The molecule has 0 saturated carbocycles. The van der Waals surface area contributed by atoms with Crippen molar-refractivity contribution in [2.24, 2.45) is 0 Å². The molecule has 12 rings (SSSR count). The molecule has 278 valence electrons. The number of rotatable bonds is 5. The van der Waals surface area contributed by atoms with E-state index in [0.29, 0.717) is 17.5 Å². The molecule has 11 aromatic rings. The summed E-state index contributed by atoms with van der Waals surface area (Å²) in [5, 5.41) is 4.58. The summed E-state index contributed by atoms with van der Waals surface area (Å²) in [7, 11) is 0. The number of fused-ring (bicyclic) bond motifs is 9. The highest BCUT2D eigenvalue weighted by molar-refractivity contribution is 6.15. The molecule has 0 aliphatic heterocycles. The van der Waals surface area contributed by atoms with Crippen molar-refractivity contribution < 1.29 is 4.42 Å². The van der Waals surface area contributed by atoms with E-state index in [-0.39, 0.29) is 5.41 Å². The predicted molar refractivity (Wildman–Crippen MR) is 241 cm³/mol. The molecule has 0 N–H and O–H groups in total. The van der Waals surface area contributed by atoms with E-state index in [0.717, 1.165) is 61.0 Å². The summed E-state index contributed by atoms with van der Waals surface area (Å²) in [4.78, 5) is 15.3.